The SMILES string of the molecule is c1ccc(-c2ccccc2-c2nc(-c3ccc(-c4cccc5sc6ccccc6c45)cc3)nc(-c3ccc4c(c3)-c3ccccc3C43c4ccccc4-c4ccccc43)n2)cc1. The molecule has 0 aliphatic heterocycles. The molecule has 2 aliphatic rings. The number of nitrogens with zero attached hydrogens (tertiary/aromatic N) is 3. The molecule has 4 heteroatoms. The van der Waals surface area contributed by atoms with Crippen LogP contribution in [0.25, 0.3) is 98.8 Å². The molecule has 0 saturated heterocycles. The molecule has 0 atom stereocenters. The van der Waals surface area contributed by atoms with Crippen molar-refractivity contribution in [3.63, 3.8) is 0 Å². The van der Waals surface area contributed by atoms with Crippen LogP contribution < -0.4 is 0 Å². The highest BCUT2D eigenvalue weighted by atomic mass is 32.1. The minimum absolute atomic E-state index is 0.414. The standard InChI is InChI=1S/C58H35N3S/c1-2-15-36(16-3-1)40-17-4-5-21-45(40)57-60-55(38-31-29-37(30-32-38)41-23-14-28-53-54(41)46-22-9-13-27-52(46)62-53)59-56(61-57)39-33-34-51-47(35-39)44-20-8-12-26-50(44)58(51)48-24-10-6-18-42(48)43-19-7-11-25-49(43)58/h1-35H. The monoisotopic (exact) mass is 805 g/mol. The lowest BCUT2D eigenvalue weighted by Crippen LogP contribution is -2.25. The topological polar surface area (TPSA) is 38.7 Å². The van der Waals surface area contributed by atoms with Gasteiger partial charge in [0.15, 0.2) is 17.5 Å². The highest BCUT2D eigenvalue weighted by Gasteiger charge is 2.51. The van der Waals surface area contributed by atoms with Gasteiger partial charge in [-0.3, -0.25) is 0 Å². The summed E-state index contributed by atoms with van der Waals surface area (Å²) >= 11 is 1.85. The van der Waals surface area contributed by atoms with E-state index in [-0.39, 0.29) is 0 Å². The van der Waals surface area contributed by atoms with Crippen LogP contribution >= 0.6 is 11.3 Å². The zero-order valence-corrected chi connectivity index (χ0v) is 34.3. The molecule has 2 aliphatic carbocycles. The number of benzene rings is 9. The maximum atomic E-state index is 5.33. The van der Waals surface area contributed by atoms with Gasteiger partial charge >= 0.3 is 0 Å². The third-order valence-electron chi connectivity index (χ3n) is 13.0. The molecular weight excluding hydrogens is 771 g/mol. The van der Waals surface area contributed by atoms with Gasteiger partial charge in [0.05, 0.1) is 5.41 Å². The first-order chi connectivity index (χ1) is 30.7. The summed E-state index contributed by atoms with van der Waals surface area (Å²) in [4.78, 5) is 15.9. The van der Waals surface area contributed by atoms with E-state index in [0.717, 1.165) is 33.4 Å². The Morgan fingerprint density at radius 3 is 1.47 bits per heavy atom. The largest absolute Gasteiger partial charge is 0.208 e. The van der Waals surface area contributed by atoms with Crippen molar-refractivity contribution in [2.45, 2.75) is 5.41 Å². The van der Waals surface area contributed by atoms with Crippen LogP contribution in [-0.4, -0.2) is 15.0 Å². The Labute approximate surface area is 363 Å². The van der Waals surface area contributed by atoms with E-state index in [9.17, 15) is 0 Å². The zero-order chi connectivity index (χ0) is 40.8. The number of aromatic nitrogens is 3. The summed E-state index contributed by atoms with van der Waals surface area (Å²) in [6.07, 6.45) is 0. The van der Waals surface area contributed by atoms with Crippen molar-refractivity contribution < 1.29 is 0 Å². The van der Waals surface area contributed by atoms with Crippen molar-refractivity contribution in [2.75, 3.05) is 0 Å². The van der Waals surface area contributed by atoms with Crippen LogP contribution in [0.2, 0.25) is 0 Å². The molecular formula is C58H35N3S. The summed E-state index contributed by atoms with van der Waals surface area (Å²) in [5.41, 5.74) is 17.3. The Morgan fingerprint density at radius 2 is 0.758 bits per heavy atom. The first kappa shape index (κ1) is 35.0. The smallest absolute Gasteiger partial charge is 0.164 e. The van der Waals surface area contributed by atoms with Gasteiger partial charge in [0, 0.05) is 36.9 Å². The van der Waals surface area contributed by atoms with Gasteiger partial charge in [-0.1, -0.05) is 194 Å². The maximum Gasteiger partial charge on any atom is 0.164 e. The van der Waals surface area contributed by atoms with E-state index < -0.39 is 5.41 Å². The average Bonchev–Trinajstić information content (AvgIpc) is 3.98. The van der Waals surface area contributed by atoms with E-state index in [1.165, 1.54) is 70.2 Å². The number of hydrogen-bond donors (Lipinski definition) is 0. The highest BCUT2D eigenvalue weighted by molar-refractivity contribution is 7.25. The molecule has 0 bridgehead atoms. The predicted molar refractivity (Wildman–Crippen MR) is 256 cm³/mol. The van der Waals surface area contributed by atoms with Gasteiger partial charge in [-0.05, 0) is 85.0 Å². The molecule has 0 amide bonds. The Balaban J connectivity index is 0.995. The molecule has 62 heavy (non-hydrogen) atoms. The summed E-state index contributed by atoms with van der Waals surface area (Å²) < 4.78 is 2.59. The van der Waals surface area contributed by atoms with Gasteiger partial charge in [-0.25, -0.2) is 15.0 Å². The second kappa shape index (κ2) is 13.6. The Bertz CT molecular complexity index is 3540. The molecule has 13 rings (SSSR count). The van der Waals surface area contributed by atoms with Crippen LogP contribution in [0.4, 0.5) is 0 Å². The van der Waals surface area contributed by atoms with Crippen molar-refractivity contribution in [1.29, 1.82) is 0 Å². The van der Waals surface area contributed by atoms with Gasteiger partial charge in [0.1, 0.15) is 0 Å². The van der Waals surface area contributed by atoms with Crippen molar-refractivity contribution in [2.24, 2.45) is 0 Å². The fraction of sp³-hybridized carbons (Fsp3) is 0.0172. The second-order valence-corrected chi connectivity index (χ2v) is 17.3. The lowest BCUT2D eigenvalue weighted by atomic mass is 9.70. The van der Waals surface area contributed by atoms with Gasteiger partial charge < -0.3 is 0 Å². The molecule has 9 aromatic carbocycles. The van der Waals surface area contributed by atoms with Crippen LogP contribution in [-0.2, 0) is 5.41 Å². The van der Waals surface area contributed by atoms with Crippen molar-refractivity contribution in [3.8, 4) is 78.7 Å². The van der Waals surface area contributed by atoms with E-state index in [1.807, 2.05) is 11.3 Å². The molecule has 1 spiro atoms. The number of rotatable bonds is 5. The minimum Gasteiger partial charge on any atom is -0.208 e. The van der Waals surface area contributed by atoms with Crippen LogP contribution in [0, 0.1) is 0 Å². The van der Waals surface area contributed by atoms with Gasteiger partial charge in [0.25, 0.3) is 0 Å². The number of thiophene rings is 1. The lowest BCUT2D eigenvalue weighted by Gasteiger charge is -2.30. The van der Waals surface area contributed by atoms with Gasteiger partial charge in [-0.2, -0.15) is 0 Å². The number of fused-ring (bicyclic) bond motifs is 13. The van der Waals surface area contributed by atoms with E-state index >= 15 is 0 Å². The fourth-order valence-electron chi connectivity index (χ4n) is 10.4. The Kier molecular flexibility index (Phi) is 7.69. The first-order valence-corrected chi connectivity index (χ1v) is 21.9. The third kappa shape index (κ3) is 5.08. The summed E-state index contributed by atoms with van der Waals surface area (Å²) in [6.45, 7) is 0. The normalized spacial score (nSPS) is 13.0. The quantitative estimate of drug-likeness (QED) is 0.174. The molecule has 11 aromatic rings. The molecule has 288 valence electrons. The van der Waals surface area contributed by atoms with Crippen LogP contribution in [0.15, 0.2) is 212 Å². The van der Waals surface area contributed by atoms with Crippen molar-refractivity contribution >= 4 is 31.5 Å². The van der Waals surface area contributed by atoms with Gasteiger partial charge in [0.2, 0.25) is 0 Å². The van der Waals surface area contributed by atoms with E-state index in [1.54, 1.807) is 0 Å². The minimum atomic E-state index is -0.414. The molecule has 2 aromatic heterocycles. The van der Waals surface area contributed by atoms with E-state index in [2.05, 4.69) is 212 Å². The van der Waals surface area contributed by atoms with Crippen LogP contribution in [0.3, 0.4) is 0 Å². The maximum absolute atomic E-state index is 5.33. The molecule has 0 N–H and O–H groups in total. The summed E-state index contributed by atoms with van der Waals surface area (Å²) in [5.74, 6) is 1.91. The van der Waals surface area contributed by atoms with Crippen LogP contribution in [0.5, 0.6) is 0 Å². The fourth-order valence-corrected chi connectivity index (χ4v) is 11.5. The molecule has 2 heterocycles. The van der Waals surface area contributed by atoms with E-state index in [0.29, 0.717) is 17.5 Å². The molecule has 3 nitrogen and oxygen atoms in total. The third-order valence-corrected chi connectivity index (χ3v) is 14.1. The van der Waals surface area contributed by atoms with E-state index in [4.69, 9.17) is 15.0 Å². The zero-order valence-electron chi connectivity index (χ0n) is 33.5. The summed E-state index contributed by atoms with van der Waals surface area (Å²) in [6, 6.07) is 76.6. The summed E-state index contributed by atoms with van der Waals surface area (Å²) in [7, 11) is 0. The molecule has 0 unspecified atom stereocenters. The Morgan fingerprint density at radius 1 is 0.290 bits per heavy atom. The van der Waals surface area contributed by atoms with Gasteiger partial charge in [-0.15, -0.1) is 11.3 Å². The van der Waals surface area contributed by atoms with Crippen molar-refractivity contribution in [3.05, 3.63) is 235 Å². The van der Waals surface area contributed by atoms with Crippen molar-refractivity contribution in [1.82, 2.24) is 15.0 Å². The number of hydrogen-bond acceptors (Lipinski definition) is 4. The second-order valence-electron chi connectivity index (χ2n) is 16.2. The van der Waals surface area contributed by atoms with Crippen LogP contribution in [0.1, 0.15) is 22.3 Å². The molecule has 0 radical (unpaired) electrons. The lowest BCUT2D eigenvalue weighted by molar-refractivity contribution is 0.794. The molecule has 0 saturated carbocycles. The summed E-state index contributed by atoms with van der Waals surface area (Å²) in [5, 5.41) is 2.59. The highest BCUT2D eigenvalue weighted by Crippen LogP contribution is 2.63. The average molecular weight is 806 g/mol. The molecule has 0 fully saturated rings. The Hall–Kier alpha value is -7.79. The predicted octanol–water partition coefficient (Wildman–Crippen LogP) is 14.9. The first-order valence-electron chi connectivity index (χ1n) is 21.1.